The molecule has 0 radical (unpaired) electrons. The van der Waals surface area contributed by atoms with Crippen molar-refractivity contribution in [2.24, 2.45) is 11.8 Å². The van der Waals surface area contributed by atoms with Gasteiger partial charge < -0.3 is 19.6 Å². The molecule has 2 aromatic rings. The van der Waals surface area contributed by atoms with Crippen LogP contribution < -0.4 is 9.46 Å². The number of fused-ring (bicyclic) bond motifs is 1. The van der Waals surface area contributed by atoms with Gasteiger partial charge in [0.05, 0.1) is 23.1 Å². The Bertz CT molecular complexity index is 1230. The summed E-state index contributed by atoms with van der Waals surface area (Å²) in [4.78, 5) is 17.5. The van der Waals surface area contributed by atoms with Gasteiger partial charge in [-0.25, -0.2) is 12.8 Å². The van der Waals surface area contributed by atoms with Crippen LogP contribution >= 0.6 is 0 Å². The first-order valence-corrected chi connectivity index (χ1v) is 15.2. The van der Waals surface area contributed by atoms with Gasteiger partial charge in [0.1, 0.15) is 17.7 Å². The molecule has 1 amide bonds. The monoisotopic (exact) mass is 561 g/mol. The Morgan fingerprint density at radius 2 is 1.82 bits per heavy atom. The summed E-state index contributed by atoms with van der Waals surface area (Å²) in [5.41, 5.74) is 0.410. The molecule has 1 fully saturated rings. The Kier molecular flexibility index (Phi) is 9.51. The summed E-state index contributed by atoms with van der Waals surface area (Å²) < 4.78 is 48.0. The number of sulfonamides is 1. The van der Waals surface area contributed by atoms with Crippen molar-refractivity contribution in [2.45, 2.75) is 63.0 Å². The Labute approximate surface area is 231 Å². The lowest BCUT2D eigenvalue weighted by molar-refractivity contribution is 0.0330. The fourth-order valence-corrected chi connectivity index (χ4v) is 6.57. The van der Waals surface area contributed by atoms with Crippen molar-refractivity contribution in [3.8, 4) is 5.75 Å². The summed E-state index contributed by atoms with van der Waals surface area (Å²) in [5.74, 6) is 0.187. The maximum atomic E-state index is 13.7. The SMILES string of the molecule is C[C@H]1CN([C@@H](C)CO)C(=O)c2cc(NS(=O)(=O)c3ccc(F)cc3)ccc2O[C@@H]1CN(C)CC1CCCCC1. The van der Waals surface area contributed by atoms with Crippen LogP contribution in [0.15, 0.2) is 47.4 Å². The van der Waals surface area contributed by atoms with E-state index in [4.69, 9.17) is 4.74 Å². The number of aliphatic hydroxyl groups excluding tert-OH is 1. The van der Waals surface area contributed by atoms with Crippen molar-refractivity contribution in [3.05, 3.63) is 53.8 Å². The third-order valence-electron chi connectivity index (χ3n) is 7.83. The van der Waals surface area contributed by atoms with E-state index in [0.29, 0.717) is 24.8 Å². The Balaban J connectivity index is 1.60. The summed E-state index contributed by atoms with van der Waals surface area (Å²) in [5, 5.41) is 9.90. The largest absolute Gasteiger partial charge is 0.488 e. The second kappa shape index (κ2) is 12.7. The van der Waals surface area contributed by atoms with Crippen molar-refractivity contribution in [2.75, 3.05) is 38.0 Å². The van der Waals surface area contributed by atoms with Crippen LogP contribution in [0.2, 0.25) is 0 Å². The number of ether oxygens (including phenoxy) is 1. The zero-order valence-corrected chi connectivity index (χ0v) is 23.8. The molecule has 0 aromatic heterocycles. The van der Waals surface area contributed by atoms with E-state index >= 15 is 0 Å². The predicted octanol–water partition coefficient (Wildman–Crippen LogP) is 4.36. The van der Waals surface area contributed by atoms with E-state index in [-0.39, 0.29) is 40.7 Å². The zero-order valence-electron chi connectivity index (χ0n) is 23.0. The molecule has 214 valence electrons. The second-order valence-electron chi connectivity index (χ2n) is 11.1. The number of benzene rings is 2. The highest BCUT2D eigenvalue weighted by molar-refractivity contribution is 7.92. The minimum absolute atomic E-state index is 0.00145. The fourth-order valence-electron chi connectivity index (χ4n) is 5.52. The number of nitrogens with zero attached hydrogens (tertiary/aromatic N) is 2. The standard InChI is InChI=1S/C29H40FN3O5S/c1-20-16-33(21(2)19-34)29(35)26-15-24(31-39(36,37)25-12-9-23(30)10-13-25)11-14-27(26)38-28(20)18-32(3)17-22-7-5-4-6-8-22/h9-15,20-22,28,31,34H,4-8,16-19H2,1-3H3/t20-,21-,28+/m0/s1. The van der Waals surface area contributed by atoms with Crippen LogP contribution in [-0.2, 0) is 10.0 Å². The fraction of sp³-hybridized carbons (Fsp3) is 0.552. The van der Waals surface area contributed by atoms with Crippen LogP contribution in [0.1, 0.15) is 56.3 Å². The Hall–Kier alpha value is -2.69. The van der Waals surface area contributed by atoms with Gasteiger partial charge in [-0.15, -0.1) is 0 Å². The van der Waals surface area contributed by atoms with E-state index in [2.05, 4.69) is 23.6 Å². The molecule has 0 spiro atoms. The smallest absolute Gasteiger partial charge is 0.261 e. The zero-order chi connectivity index (χ0) is 28.2. The van der Waals surface area contributed by atoms with Crippen LogP contribution in [-0.4, -0.2) is 74.7 Å². The number of likely N-dealkylation sites (N-methyl/N-ethyl adjacent to an activating group) is 1. The molecule has 4 rings (SSSR count). The van der Waals surface area contributed by atoms with E-state index < -0.39 is 21.9 Å². The van der Waals surface area contributed by atoms with Gasteiger partial charge in [0.25, 0.3) is 15.9 Å². The highest BCUT2D eigenvalue weighted by Crippen LogP contribution is 2.32. The number of aliphatic hydroxyl groups is 1. The van der Waals surface area contributed by atoms with Gasteiger partial charge in [0.2, 0.25) is 0 Å². The molecule has 1 aliphatic heterocycles. The topological polar surface area (TPSA) is 99.2 Å². The van der Waals surface area contributed by atoms with E-state index in [9.17, 15) is 22.7 Å². The van der Waals surface area contributed by atoms with Crippen LogP contribution in [0.25, 0.3) is 0 Å². The highest BCUT2D eigenvalue weighted by atomic mass is 32.2. The first kappa shape index (κ1) is 29.3. The Morgan fingerprint density at radius 1 is 1.13 bits per heavy atom. The van der Waals surface area contributed by atoms with Gasteiger partial charge in [-0.1, -0.05) is 26.2 Å². The number of nitrogens with one attached hydrogen (secondary N) is 1. The van der Waals surface area contributed by atoms with Crippen molar-refractivity contribution in [1.82, 2.24) is 9.80 Å². The number of halogens is 1. The molecule has 8 nitrogen and oxygen atoms in total. The average Bonchev–Trinajstić information content (AvgIpc) is 2.91. The summed E-state index contributed by atoms with van der Waals surface area (Å²) in [6.07, 6.45) is 6.18. The molecule has 0 unspecified atom stereocenters. The second-order valence-corrected chi connectivity index (χ2v) is 12.8. The van der Waals surface area contributed by atoms with Gasteiger partial charge in [-0.2, -0.15) is 0 Å². The van der Waals surface area contributed by atoms with Gasteiger partial charge in [-0.3, -0.25) is 9.52 Å². The predicted molar refractivity (Wildman–Crippen MR) is 149 cm³/mol. The number of amides is 1. The molecule has 1 heterocycles. The molecule has 1 saturated carbocycles. The third-order valence-corrected chi connectivity index (χ3v) is 9.22. The summed E-state index contributed by atoms with van der Waals surface area (Å²) >= 11 is 0. The molecule has 2 N–H and O–H groups in total. The van der Waals surface area contributed by atoms with Crippen LogP contribution in [0.5, 0.6) is 5.75 Å². The normalized spacial score (nSPS) is 21.6. The number of hydrogen-bond donors (Lipinski definition) is 2. The minimum Gasteiger partial charge on any atom is -0.488 e. The van der Waals surface area contributed by atoms with Crippen LogP contribution in [0, 0.1) is 17.7 Å². The van der Waals surface area contributed by atoms with E-state index in [1.807, 2.05) is 0 Å². The van der Waals surface area contributed by atoms with Crippen LogP contribution in [0.4, 0.5) is 10.1 Å². The van der Waals surface area contributed by atoms with E-state index in [0.717, 1.165) is 18.7 Å². The van der Waals surface area contributed by atoms with Gasteiger partial charge in [-0.05, 0) is 75.2 Å². The molecule has 0 bridgehead atoms. The maximum Gasteiger partial charge on any atom is 0.261 e. The molecule has 3 atom stereocenters. The number of rotatable bonds is 9. The highest BCUT2D eigenvalue weighted by Gasteiger charge is 2.34. The summed E-state index contributed by atoms with van der Waals surface area (Å²) in [6.45, 7) is 5.73. The number of carbonyl (C=O) groups is 1. The number of anilines is 1. The van der Waals surface area contributed by atoms with Gasteiger partial charge in [0.15, 0.2) is 0 Å². The first-order chi connectivity index (χ1) is 18.6. The van der Waals surface area contributed by atoms with Crippen molar-refractivity contribution in [1.29, 1.82) is 0 Å². The molecular formula is C29H40FN3O5S. The first-order valence-electron chi connectivity index (χ1n) is 13.8. The van der Waals surface area contributed by atoms with Gasteiger partial charge in [0, 0.05) is 31.2 Å². The molecule has 10 heteroatoms. The maximum absolute atomic E-state index is 13.7. The summed E-state index contributed by atoms with van der Waals surface area (Å²) in [7, 11) is -1.90. The quantitative estimate of drug-likeness (QED) is 0.472. The van der Waals surface area contributed by atoms with Crippen molar-refractivity contribution >= 4 is 21.6 Å². The molecule has 0 saturated heterocycles. The molecule has 1 aliphatic carbocycles. The number of carbonyl (C=O) groups excluding carboxylic acids is 1. The Morgan fingerprint density at radius 3 is 2.49 bits per heavy atom. The molecular weight excluding hydrogens is 521 g/mol. The lowest BCUT2D eigenvalue weighted by Gasteiger charge is -2.38. The lowest BCUT2D eigenvalue weighted by atomic mass is 9.89. The molecule has 39 heavy (non-hydrogen) atoms. The van der Waals surface area contributed by atoms with E-state index in [1.165, 1.54) is 50.3 Å². The minimum atomic E-state index is -4.00. The third kappa shape index (κ3) is 7.29. The van der Waals surface area contributed by atoms with E-state index in [1.54, 1.807) is 24.0 Å². The summed E-state index contributed by atoms with van der Waals surface area (Å²) in [6, 6.07) is 8.73. The van der Waals surface area contributed by atoms with Crippen LogP contribution in [0.3, 0.4) is 0 Å². The van der Waals surface area contributed by atoms with Crippen molar-refractivity contribution in [3.63, 3.8) is 0 Å². The number of hydrogen-bond acceptors (Lipinski definition) is 6. The molecule has 2 aromatic carbocycles. The molecule has 2 aliphatic rings. The van der Waals surface area contributed by atoms with Crippen molar-refractivity contribution < 1.29 is 27.4 Å². The van der Waals surface area contributed by atoms with Gasteiger partial charge >= 0.3 is 0 Å². The lowest BCUT2D eigenvalue weighted by Crippen LogP contribution is -2.50. The average molecular weight is 562 g/mol.